The van der Waals surface area contributed by atoms with Gasteiger partial charge in [0.25, 0.3) is 11.8 Å². The van der Waals surface area contributed by atoms with Crippen LogP contribution in [0.15, 0.2) is 24.5 Å². The molecule has 48 heavy (non-hydrogen) atoms. The molecule has 0 aliphatic carbocycles. The molecule has 266 valence electrons. The number of methoxy groups -OCH3 is 2. The monoisotopic (exact) mass is 671 g/mol. The quantitative estimate of drug-likeness (QED) is 0.271. The van der Waals surface area contributed by atoms with Crippen molar-refractivity contribution in [2.75, 3.05) is 58.4 Å². The van der Waals surface area contributed by atoms with Gasteiger partial charge in [-0.1, -0.05) is 13.8 Å². The van der Waals surface area contributed by atoms with E-state index in [2.05, 4.69) is 38.8 Å². The molecular weight excluding hydrogens is 617 g/mol. The van der Waals surface area contributed by atoms with Crippen LogP contribution in [0, 0.1) is 17.2 Å². The summed E-state index contributed by atoms with van der Waals surface area (Å²) >= 11 is 0. The Kier molecular flexibility index (Phi) is 11.9. The SMILES string of the molecule is CCN(C(=O)c1cc(F)ccc1Oc1nncnc1N1CCC2(C1)CN(C(CC(CN(C(=O)OC)C(C)(C)C)OC)C(C)C)C2)C(C)C. The number of aromatic nitrogens is 3. The zero-order valence-corrected chi connectivity index (χ0v) is 30.3. The fourth-order valence-corrected chi connectivity index (χ4v) is 7.02. The van der Waals surface area contributed by atoms with Gasteiger partial charge in [0.2, 0.25) is 0 Å². The van der Waals surface area contributed by atoms with Crippen LogP contribution in [0.5, 0.6) is 11.6 Å². The smallest absolute Gasteiger partial charge is 0.410 e. The lowest BCUT2D eigenvalue weighted by Gasteiger charge is -2.53. The van der Waals surface area contributed by atoms with E-state index in [1.807, 2.05) is 41.5 Å². The second-order valence-electron chi connectivity index (χ2n) is 14.7. The molecule has 3 heterocycles. The minimum atomic E-state index is -0.523. The van der Waals surface area contributed by atoms with Gasteiger partial charge in [-0.25, -0.2) is 14.2 Å². The summed E-state index contributed by atoms with van der Waals surface area (Å²) in [6, 6.07) is 4.13. The number of rotatable bonds is 13. The first kappa shape index (κ1) is 37.2. The molecule has 13 heteroatoms. The average molecular weight is 672 g/mol. The third-order valence-corrected chi connectivity index (χ3v) is 9.66. The van der Waals surface area contributed by atoms with Gasteiger partial charge in [-0.05, 0) is 78.5 Å². The Balaban J connectivity index is 1.46. The van der Waals surface area contributed by atoms with Crippen LogP contribution in [-0.4, -0.2) is 119 Å². The number of halogens is 1. The summed E-state index contributed by atoms with van der Waals surface area (Å²) in [5, 5.41) is 8.21. The van der Waals surface area contributed by atoms with E-state index in [0.29, 0.717) is 24.8 Å². The Labute approximate surface area is 284 Å². The van der Waals surface area contributed by atoms with Gasteiger partial charge < -0.3 is 28.9 Å². The van der Waals surface area contributed by atoms with Gasteiger partial charge in [0, 0.05) is 62.9 Å². The number of amides is 2. The van der Waals surface area contributed by atoms with Crippen LogP contribution in [0.1, 0.15) is 78.6 Å². The van der Waals surface area contributed by atoms with Gasteiger partial charge in [0.15, 0.2) is 5.82 Å². The predicted octanol–water partition coefficient (Wildman–Crippen LogP) is 5.48. The number of anilines is 1. The van der Waals surface area contributed by atoms with Crippen LogP contribution >= 0.6 is 0 Å². The van der Waals surface area contributed by atoms with Crippen molar-refractivity contribution in [3.63, 3.8) is 0 Å². The minimum absolute atomic E-state index is 0.0658. The summed E-state index contributed by atoms with van der Waals surface area (Å²) in [5.74, 6) is 0.474. The molecule has 2 aromatic rings. The van der Waals surface area contributed by atoms with Crippen LogP contribution in [0.3, 0.4) is 0 Å². The summed E-state index contributed by atoms with van der Waals surface area (Å²) < 4.78 is 31.5. The Morgan fingerprint density at radius 1 is 1.10 bits per heavy atom. The lowest BCUT2D eigenvalue weighted by atomic mass is 9.76. The molecule has 0 saturated carbocycles. The molecule has 0 radical (unpaired) electrons. The van der Waals surface area contributed by atoms with Gasteiger partial charge >= 0.3 is 6.09 Å². The molecule has 12 nitrogen and oxygen atoms in total. The normalized spacial score (nSPS) is 17.4. The fraction of sp³-hybridized carbons (Fsp3) is 0.686. The Morgan fingerprint density at radius 3 is 2.40 bits per heavy atom. The molecule has 1 aromatic carbocycles. The van der Waals surface area contributed by atoms with Crippen LogP contribution in [0.25, 0.3) is 0 Å². The number of nitrogens with zero attached hydrogens (tertiary/aromatic N) is 7. The Morgan fingerprint density at radius 2 is 1.81 bits per heavy atom. The van der Waals surface area contributed by atoms with E-state index < -0.39 is 11.4 Å². The number of ether oxygens (including phenoxy) is 3. The van der Waals surface area contributed by atoms with Gasteiger partial charge in [-0.2, -0.15) is 0 Å². The molecule has 2 saturated heterocycles. The third-order valence-electron chi connectivity index (χ3n) is 9.66. The maximum atomic E-state index is 14.3. The standard InChI is InChI=1S/C35H54FN7O5/c1-11-42(24(4)5)32(44)27-16-25(36)12-13-29(27)48-31-30(37-22-38-39-31)40-15-14-35(19-40)20-41(21-35)28(23(2)3)17-26(46-9)18-43(33(45)47-10)34(6,7)8/h12-13,16,22-24,26,28H,11,14-15,17-21H2,1-10H3. The number of hydrogen-bond acceptors (Lipinski definition) is 10. The zero-order valence-electron chi connectivity index (χ0n) is 30.3. The molecule has 4 rings (SSSR count). The summed E-state index contributed by atoms with van der Waals surface area (Å²) in [6.07, 6.45) is 2.65. The maximum absolute atomic E-state index is 14.3. The second-order valence-corrected chi connectivity index (χ2v) is 14.7. The molecule has 2 aliphatic heterocycles. The van der Waals surface area contributed by atoms with E-state index in [4.69, 9.17) is 14.2 Å². The summed E-state index contributed by atoms with van der Waals surface area (Å²) in [4.78, 5) is 38.6. The number of benzene rings is 1. The largest absolute Gasteiger partial charge is 0.453 e. The minimum Gasteiger partial charge on any atom is -0.453 e. The first-order chi connectivity index (χ1) is 22.6. The number of likely N-dealkylation sites (tertiary alicyclic amines) is 1. The average Bonchev–Trinajstić information content (AvgIpc) is 3.46. The number of hydrogen-bond donors (Lipinski definition) is 0. The van der Waals surface area contributed by atoms with Crippen LogP contribution in [0.2, 0.25) is 0 Å². The van der Waals surface area contributed by atoms with Crippen molar-refractivity contribution in [2.24, 2.45) is 11.3 Å². The molecule has 2 atom stereocenters. The van der Waals surface area contributed by atoms with Crippen molar-refractivity contribution in [2.45, 2.75) is 92.0 Å². The molecule has 2 aliphatic rings. The zero-order chi connectivity index (χ0) is 35.4. The van der Waals surface area contributed by atoms with Crippen LogP contribution in [-0.2, 0) is 9.47 Å². The van der Waals surface area contributed by atoms with Crippen molar-refractivity contribution in [3.05, 3.63) is 35.9 Å². The first-order valence-corrected chi connectivity index (χ1v) is 17.0. The molecule has 2 amide bonds. The highest BCUT2D eigenvalue weighted by atomic mass is 19.1. The maximum Gasteiger partial charge on any atom is 0.410 e. The van der Waals surface area contributed by atoms with Gasteiger partial charge in [0.1, 0.15) is 17.9 Å². The first-order valence-electron chi connectivity index (χ1n) is 17.0. The summed E-state index contributed by atoms with van der Waals surface area (Å²) in [5.41, 5.74) is -0.195. The highest BCUT2D eigenvalue weighted by Crippen LogP contribution is 2.45. The van der Waals surface area contributed by atoms with Crippen molar-refractivity contribution < 1.29 is 28.2 Å². The molecule has 1 aromatic heterocycles. The lowest BCUT2D eigenvalue weighted by Crippen LogP contribution is -2.62. The van der Waals surface area contributed by atoms with E-state index in [9.17, 15) is 14.0 Å². The predicted molar refractivity (Wildman–Crippen MR) is 182 cm³/mol. The topological polar surface area (TPSA) is 113 Å². The molecule has 2 fully saturated rings. The van der Waals surface area contributed by atoms with Crippen molar-refractivity contribution in [3.8, 4) is 11.6 Å². The summed E-state index contributed by atoms with van der Waals surface area (Å²) in [7, 11) is 3.11. The van der Waals surface area contributed by atoms with Crippen LogP contribution in [0.4, 0.5) is 15.0 Å². The molecule has 1 spiro atoms. The van der Waals surface area contributed by atoms with E-state index in [-0.39, 0.29) is 52.8 Å². The number of carbonyl (C=O) groups excluding carboxylic acids is 2. The fourth-order valence-electron chi connectivity index (χ4n) is 7.02. The van der Waals surface area contributed by atoms with E-state index in [1.165, 1.54) is 31.6 Å². The van der Waals surface area contributed by atoms with Gasteiger partial charge in [-0.3, -0.25) is 9.69 Å². The van der Waals surface area contributed by atoms with Crippen molar-refractivity contribution >= 4 is 17.8 Å². The highest BCUT2D eigenvalue weighted by molar-refractivity contribution is 5.97. The Hall–Kier alpha value is -3.58. The van der Waals surface area contributed by atoms with Crippen molar-refractivity contribution in [1.82, 2.24) is 29.9 Å². The summed E-state index contributed by atoms with van der Waals surface area (Å²) in [6.45, 7) is 20.5. The highest BCUT2D eigenvalue weighted by Gasteiger charge is 2.51. The molecule has 0 N–H and O–H groups in total. The van der Waals surface area contributed by atoms with E-state index in [0.717, 1.165) is 39.0 Å². The molecule has 0 bridgehead atoms. The third kappa shape index (κ3) is 8.34. The number of carbonyl (C=O) groups is 2. The van der Waals surface area contributed by atoms with Crippen LogP contribution < -0.4 is 9.64 Å². The lowest BCUT2D eigenvalue weighted by molar-refractivity contribution is -0.0566. The molecule has 2 unspecified atom stereocenters. The molecular formula is C35H54FN7O5. The van der Waals surface area contributed by atoms with E-state index >= 15 is 0 Å². The van der Waals surface area contributed by atoms with Crippen molar-refractivity contribution in [1.29, 1.82) is 0 Å². The van der Waals surface area contributed by atoms with E-state index in [1.54, 1.807) is 16.9 Å². The Bertz CT molecular complexity index is 1410. The van der Waals surface area contributed by atoms with Gasteiger partial charge in [0.05, 0.1) is 25.3 Å². The second kappa shape index (κ2) is 15.3. The van der Waals surface area contributed by atoms with Gasteiger partial charge in [-0.15, -0.1) is 10.2 Å².